The number of nitrogens with one attached hydrogen (secondary N) is 1. The van der Waals surface area contributed by atoms with Crippen molar-refractivity contribution >= 4 is 23.4 Å². The van der Waals surface area contributed by atoms with E-state index in [0.717, 1.165) is 24.5 Å². The van der Waals surface area contributed by atoms with E-state index in [1.54, 1.807) is 0 Å². The van der Waals surface area contributed by atoms with E-state index in [2.05, 4.69) is 23.7 Å². The molecule has 0 aliphatic carbocycles. The normalized spacial score (nSPS) is 17.9. The van der Waals surface area contributed by atoms with Crippen LogP contribution in [-0.2, 0) is 0 Å². The van der Waals surface area contributed by atoms with Crippen LogP contribution in [0.4, 0.5) is 17.1 Å². The van der Waals surface area contributed by atoms with Gasteiger partial charge in [0, 0.05) is 24.8 Å². The summed E-state index contributed by atoms with van der Waals surface area (Å²) in [6.07, 6.45) is 1.39. The van der Waals surface area contributed by atoms with Crippen LogP contribution in [0, 0.1) is 5.21 Å². The Balaban J connectivity index is 2.33. The van der Waals surface area contributed by atoms with Crippen LogP contribution in [0.5, 0.6) is 0 Å². The Morgan fingerprint density at radius 3 is 2.73 bits per heavy atom. The van der Waals surface area contributed by atoms with Crippen LogP contribution in [0.15, 0.2) is 23.2 Å². The van der Waals surface area contributed by atoms with Gasteiger partial charge in [0.15, 0.2) is 12.0 Å². The second-order valence-electron chi connectivity index (χ2n) is 3.50. The van der Waals surface area contributed by atoms with Crippen molar-refractivity contribution in [3.63, 3.8) is 0 Å². The van der Waals surface area contributed by atoms with Crippen molar-refractivity contribution in [1.29, 1.82) is 0 Å². The van der Waals surface area contributed by atoms with Gasteiger partial charge in [-0.1, -0.05) is 0 Å². The van der Waals surface area contributed by atoms with Crippen LogP contribution in [0.25, 0.3) is 0 Å². The highest BCUT2D eigenvalue weighted by atomic mass is 16.5. The Morgan fingerprint density at radius 2 is 2.07 bits per heavy atom. The number of rotatable bonds is 3. The van der Waals surface area contributed by atoms with E-state index in [1.807, 2.05) is 18.2 Å². The molecule has 1 atom stereocenters. The molecular formula is C11H15N3O. The first-order valence-corrected chi connectivity index (χ1v) is 5.23. The van der Waals surface area contributed by atoms with Gasteiger partial charge in [-0.2, -0.15) is 4.99 Å². The number of anilines is 1. The first-order valence-electron chi connectivity index (χ1n) is 5.23. The first kappa shape index (κ1) is 10.1. The molecule has 0 aromatic heterocycles. The summed E-state index contributed by atoms with van der Waals surface area (Å²) in [6, 6.07) is 5.82. The highest BCUT2D eigenvalue weighted by molar-refractivity contribution is 5.75. The molecule has 1 aromatic carbocycles. The lowest BCUT2D eigenvalue weighted by Crippen LogP contribution is -2.99. The van der Waals surface area contributed by atoms with Crippen LogP contribution in [-0.4, -0.2) is 19.4 Å². The Hall–Kier alpha value is -1.39. The highest BCUT2D eigenvalue weighted by Crippen LogP contribution is 2.29. The number of hydrogen-bond acceptors (Lipinski definition) is 3. The van der Waals surface area contributed by atoms with Crippen LogP contribution in [0.1, 0.15) is 13.8 Å². The minimum atomic E-state index is 0.0103. The van der Waals surface area contributed by atoms with E-state index in [1.165, 1.54) is 6.34 Å². The number of quaternary nitrogens is 1. The van der Waals surface area contributed by atoms with Crippen molar-refractivity contribution in [3.8, 4) is 0 Å². The summed E-state index contributed by atoms with van der Waals surface area (Å²) >= 11 is 0. The summed E-state index contributed by atoms with van der Waals surface area (Å²) < 4.78 is 0. The van der Waals surface area contributed by atoms with Crippen molar-refractivity contribution in [2.45, 2.75) is 13.8 Å². The van der Waals surface area contributed by atoms with Gasteiger partial charge in [0.2, 0.25) is 0 Å². The lowest BCUT2D eigenvalue weighted by Gasteiger charge is -2.21. The van der Waals surface area contributed by atoms with Crippen LogP contribution in [0.3, 0.4) is 0 Å². The molecule has 0 radical (unpaired) electrons. The molecule has 1 aromatic rings. The third-order valence-electron chi connectivity index (χ3n) is 2.70. The fourth-order valence-electron chi connectivity index (χ4n) is 1.82. The summed E-state index contributed by atoms with van der Waals surface area (Å²) in [7, 11) is 0. The van der Waals surface area contributed by atoms with Gasteiger partial charge < -0.3 is 10.1 Å². The first-order chi connectivity index (χ1) is 7.26. The topological polar surface area (TPSA) is 43.1 Å². The summed E-state index contributed by atoms with van der Waals surface area (Å²) in [5, 5.41) is 11.3. The molecular weight excluding hydrogens is 190 g/mol. The predicted octanol–water partition coefficient (Wildman–Crippen LogP) is 1.22. The lowest BCUT2D eigenvalue weighted by atomic mass is 10.2. The van der Waals surface area contributed by atoms with Crippen LogP contribution >= 0.6 is 0 Å². The molecule has 0 bridgehead atoms. The molecule has 0 fully saturated rings. The van der Waals surface area contributed by atoms with Crippen LogP contribution in [0.2, 0.25) is 0 Å². The number of aliphatic imine (C=N–C) groups is 1. The maximum absolute atomic E-state index is 11.3. The van der Waals surface area contributed by atoms with Crippen molar-refractivity contribution < 1.29 is 5.06 Å². The van der Waals surface area contributed by atoms with Gasteiger partial charge in [0.1, 0.15) is 5.69 Å². The molecule has 0 spiro atoms. The molecule has 0 saturated heterocycles. The van der Waals surface area contributed by atoms with Crippen molar-refractivity contribution in [1.82, 2.24) is 0 Å². The molecule has 1 heterocycles. The lowest BCUT2D eigenvalue weighted by molar-refractivity contribution is -0.655. The molecule has 1 aliphatic rings. The van der Waals surface area contributed by atoms with Crippen LogP contribution < -0.4 is 9.96 Å². The molecule has 1 unspecified atom stereocenters. The average molecular weight is 205 g/mol. The molecule has 15 heavy (non-hydrogen) atoms. The summed E-state index contributed by atoms with van der Waals surface area (Å²) in [5.41, 5.74) is 2.64. The third-order valence-corrected chi connectivity index (χ3v) is 2.70. The molecule has 0 saturated carbocycles. The predicted molar refractivity (Wildman–Crippen MR) is 62.1 cm³/mol. The minimum absolute atomic E-state index is 0.0103. The Bertz CT molecular complexity index is 385. The third kappa shape index (κ3) is 1.73. The van der Waals surface area contributed by atoms with E-state index in [0.29, 0.717) is 5.69 Å². The quantitative estimate of drug-likeness (QED) is 0.754. The number of benzene rings is 1. The highest BCUT2D eigenvalue weighted by Gasteiger charge is 2.15. The monoisotopic (exact) mass is 205 g/mol. The molecule has 1 N–H and O–H groups in total. The average Bonchev–Trinajstić information content (AvgIpc) is 2.62. The van der Waals surface area contributed by atoms with Crippen molar-refractivity contribution in [3.05, 3.63) is 23.4 Å². The number of nitrogens with zero attached hydrogens (tertiary/aromatic N) is 2. The Labute approximate surface area is 89.4 Å². The van der Waals surface area contributed by atoms with Gasteiger partial charge in [-0.15, -0.1) is 0 Å². The molecule has 1 aliphatic heterocycles. The van der Waals surface area contributed by atoms with Gasteiger partial charge in [0.25, 0.3) is 0 Å². The summed E-state index contributed by atoms with van der Waals surface area (Å²) in [4.78, 5) is 6.33. The summed E-state index contributed by atoms with van der Waals surface area (Å²) in [6.45, 7) is 6.16. The maximum atomic E-state index is 11.3. The Kier molecular flexibility index (Phi) is 2.70. The molecule has 2 rings (SSSR count). The second-order valence-corrected chi connectivity index (χ2v) is 3.50. The molecule has 0 amide bonds. The van der Waals surface area contributed by atoms with E-state index in [4.69, 9.17) is 0 Å². The standard InChI is InChI=1S/C11H15N3O/c1-3-13(4-2)9-5-6-11-10(7-9)12-8-14(11)15/h5-8,14H,3-4H2,1-2H3. The van der Waals surface area contributed by atoms with Gasteiger partial charge in [0.05, 0.1) is 0 Å². The number of fused-ring (bicyclic) bond motifs is 1. The van der Waals surface area contributed by atoms with Gasteiger partial charge >= 0.3 is 0 Å². The van der Waals surface area contributed by atoms with Gasteiger partial charge in [-0.3, -0.25) is 5.06 Å². The second kappa shape index (κ2) is 4.00. The molecule has 4 nitrogen and oxygen atoms in total. The van der Waals surface area contributed by atoms with E-state index in [-0.39, 0.29) is 5.06 Å². The van der Waals surface area contributed by atoms with E-state index in [9.17, 15) is 5.21 Å². The van der Waals surface area contributed by atoms with E-state index >= 15 is 0 Å². The summed E-state index contributed by atoms with van der Waals surface area (Å²) in [5.74, 6) is 0. The SMILES string of the molecule is CCN(CC)c1ccc2c(c1)N=C[NH+]2[O-]. The number of hydrogen-bond donors (Lipinski definition) is 1. The zero-order valence-electron chi connectivity index (χ0n) is 9.03. The zero-order valence-corrected chi connectivity index (χ0v) is 9.03. The molecule has 4 heteroatoms. The largest absolute Gasteiger partial charge is 0.623 e. The van der Waals surface area contributed by atoms with Gasteiger partial charge in [-0.05, 0) is 26.0 Å². The zero-order chi connectivity index (χ0) is 10.8. The van der Waals surface area contributed by atoms with Crippen molar-refractivity contribution in [2.75, 3.05) is 18.0 Å². The maximum Gasteiger partial charge on any atom is 0.194 e. The molecule has 80 valence electrons. The smallest absolute Gasteiger partial charge is 0.194 e. The number of hydroxylamine groups is 1. The minimum Gasteiger partial charge on any atom is -0.623 e. The van der Waals surface area contributed by atoms with Gasteiger partial charge in [-0.25, -0.2) is 0 Å². The van der Waals surface area contributed by atoms with Crippen molar-refractivity contribution in [2.24, 2.45) is 4.99 Å². The Morgan fingerprint density at radius 1 is 1.33 bits per heavy atom. The fourth-order valence-corrected chi connectivity index (χ4v) is 1.82. The van der Waals surface area contributed by atoms with E-state index < -0.39 is 0 Å². The fraction of sp³-hybridized carbons (Fsp3) is 0.364.